The summed E-state index contributed by atoms with van der Waals surface area (Å²) in [7, 11) is -2.49. The van der Waals surface area contributed by atoms with Gasteiger partial charge in [-0.15, -0.1) is 18.3 Å². The fraction of sp³-hybridized carbons (Fsp3) is 0.158. The standard InChI is InChI=1S/C19H19N3O3S2/c1-3-12-26-18-7-5-4-6-17(18)21-19(23)14-22(2)27(24,25)16-10-8-15(13-20)9-11-16/h3-11H,1,12,14H2,2H3,(H,21,23). The quantitative estimate of drug-likeness (QED) is 0.542. The van der Waals surface area contributed by atoms with Crippen LogP contribution in [-0.2, 0) is 14.8 Å². The van der Waals surface area contributed by atoms with E-state index in [0.717, 1.165) is 9.20 Å². The summed E-state index contributed by atoms with van der Waals surface area (Å²) in [4.78, 5) is 13.2. The van der Waals surface area contributed by atoms with Crippen molar-refractivity contribution in [1.82, 2.24) is 4.31 Å². The Morgan fingerprint density at radius 3 is 2.56 bits per heavy atom. The summed E-state index contributed by atoms with van der Waals surface area (Å²) >= 11 is 1.52. The number of rotatable bonds is 8. The molecule has 0 radical (unpaired) electrons. The molecule has 0 saturated heterocycles. The van der Waals surface area contributed by atoms with Gasteiger partial charge in [0.1, 0.15) is 0 Å². The lowest BCUT2D eigenvalue weighted by molar-refractivity contribution is -0.116. The Bertz CT molecular complexity index is 964. The van der Waals surface area contributed by atoms with E-state index in [1.807, 2.05) is 18.2 Å². The van der Waals surface area contributed by atoms with Crippen LogP contribution < -0.4 is 5.32 Å². The van der Waals surface area contributed by atoms with Crippen molar-refractivity contribution in [3.63, 3.8) is 0 Å². The molecular weight excluding hydrogens is 382 g/mol. The molecule has 0 aliphatic heterocycles. The molecule has 0 fully saturated rings. The van der Waals surface area contributed by atoms with Gasteiger partial charge in [-0.2, -0.15) is 9.57 Å². The predicted octanol–water partition coefficient (Wildman–Crippen LogP) is 3.10. The van der Waals surface area contributed by atoms with Crippen molar-refractivity contribution >= 4 is 33.4 Å². The van der Waals surface area contributed by atoms with Gasteiger partial charge in [0, 0.05) is 17.7 Å². The third kappa shape index (κ3) is 5.44. The number of nitrogens with zero attached hydrogens (tertiary/aromatic N) is 2. The van der Waals surface area contributed by atoms with E-state index in [2.05, 4.69) is 11.9 Å². The molecule has 0 aromatic heterocycles. The number of hydrogen-bond donors (Lipinski definition) is 1. The molecule has 0 aliphatic rings. The minimum atomic E-state index is -3.83. The molecule has 0 unspecified atom stereocenters. The molecule has 8 heteroatoms. The molecule has 0 heterocycles. The highest BCUT2D eigenvalue weighted by atomic mass is 32.2. The first-order valence-electron chi connectivity index (χ1n) is 7.97. The Morgan fingerprint density at radius 1 is 1.26 bits per heavy atom. The first-order chi connectivity index (χ1) is 12.9. The lowest BCUT2D eigenvalue weighted by atomic mass is 10.2. The highest BCUT2D eigenvalue weighted by molar-refractivity contribution is 7.99. The zero-order valence-electron chi connectivity index (χ0n) is 14.8. The number of sulfonamides is 1. The second kappa shape index (κ2) is 9.37. The van der Waals surface area contributed by atoms with E-state index in [-0.39, 0.29) is 11.4 Å². The van der Waals surface area contributed by atoms with Crippen LogP contribution in [0.25, 0.3) is 0 Å². The molecule has 0 spiro atoms. The number of hydrogen-bond acceptors (Lipinski definition) is 5. The normalized spacial score (nSPS) is 11.0. The number of carbonyl (C=O) groups excluding carboxylic acids is 1. The Labute approximate surface area is 163 Å². The summed E-state index contributed by atoms with van der Waals surface area (Å²) in [5.74, 6) is 0.251. The largest absolute Gasteiger partial charge is 0.324 e. The number of likely N-dealkylation sites (N-methyl/N-ethyl adjacent to an activating group) is 1. The van der Waals surface area contributed by atoms with Crippen molar-refractivity contribution in [2.75, 3.05) is 24.7 Å². The minimum absolute atomic E-state index is 0.0266. The number of thioether (sulfide) groups is 1. The first kappa shape index (κ1) is 20.7. The molecule has 2 aromatic carbocycles. The number of nitrogens with one attached hydrogen (secondary N) is 1. The van der Waals surface area contributed by atoms with Gasteiger partial charge >= 0.3 is 0 Å². The lowest BCUT2D eigenvalue weighted by Crippen LogP contribution is -2.35. The summed E-state index contributed by atoms with van der Waals surface area (Å²) < 4.78 is 26.1. The number of amides is 1. The Hall–Kier alpha value is -2.60. The molecule has 6 nitrogen and oxygen atoms in total. The van der Waals surface area contributed by atoms with E-state index >= 15 is 0 Å². The highest BCUT2D eigenvalue weighted by Gasteiger charge is 2.23. The molecular formula is C19H19N3O3S2. The van der Waals surface area contributed by atoms with Crippen LogP contribution in [0.5, 0.6) is 0 Å². The number of para-hydroxylation sites is 1. The smallest absolute Gasteiger partial charge is 0.243 e. The van der Waals surface area contributed by atoms with Crippen LogP contribution in [0.2, 0.25) is 0 Å². The van der Waals surface area contributed by atoms with Gasteiger partial charge in [0.2, 0.25) is 15.9 Å². The second-order valence-electron chi connectivity index (χ2n) is 5.54. The second-order valence-corrected chi connectivity index (χ2v) is 8.65. The van der Waals surface area contributed by atoms with Gasteiger partial charge in [-0.1, -0.05) is 18.2 Å². The molecule has 1 N–H and O–H groups in total. The van der Waals surface area contributed by atoms with Crippen LogP contribution in [0.1, 0.15) is 5.56 Å². The van der Waals surface area contributed by atoms with Gasteiger partial charge in [-0.3, -0.25) is 4.79 Å². The topological polar surface area (TPSA) is 90.3 Å². The van der Waals surface area contributed by atoms with Crippen LogP contribution in [0.15, 0.2) is 71.0 Å². The van der Waals surface area contributed by atoms with Crippen molar-refractivity contribution in [3.05, 3.63) is 66.7 Å². The molecule has 2 aromatic rings. The Balaban J connectivity index is 2.08. The third-order valence-corrected chi connectivity index (χ3v) is 6.46. The SMILES string of the molecule is C=CCSc1ccccc1NC(=O)CN(C)S(=O)(=O)c1ccc(C#N)cc1. The number of nitriles is 1. The van der Waals surface area contributed by atoms with E-state index < -0.39 is 15.9 Å². The molecule has 2 rings (SSSR count). The monoisotopic (exact) mass is 401 g/mol. The van der Waals surface area contributed by atoms with Crippen molar-refractivity contribution in [1.29, 1.82) is 5.26 Å². The van der Waals surface area contributed by atoms with Crippen LogP contribution in [0.3, 0.4) is 0 Å². The maximum absolute atomic E-state index is 12.6. The number of anilines is 1. The molecule has 27 heavy (non-hydrogen) atoms. The van der Waals surface area contributed by atoms with Gasteiger partial charge in [0.15, 0.2) is 0 Å². The Morgan fingerprint density at radius 2 is 1.93 bits per heavy atom. The van der Waals surface area contributed by atoms with Gasteiger partial charge in [0.25, 0.3) is 0 Å². The summed E-state index contributed by atoms with van der Waals surface area (Å²) in [6.07, 6.45) is 1.77. The lowest BCUT2D eigenvalue weighted by Gasteiger charge is -2.17. The first-order valence-corrected chi connectivity index (χ1v) is 10.4. The zero-order valence-corrected chi connectivity index (χ0v) is 16.4. The maximum Gasteiger partial charge on any atom is 0.243 e. The summed E-state index contributed by atoms with van der Waals surface area (Å²) in [6, 6.07) is 14.8. The fourth-order valence-corrected chi connectivity index (χ4v) is 4.08. The predicted molar refractivity (Wildman–Crippen MR) is 107 cm³/mol. The van der Waals surface area contributed by atoms with Crippen LogP contribution in [0.4, 0.5) is 5.69 Å². The molecule has 0 atom stereocenters. The van der Waals surface area contributed by atoms with E-state index in [1.54, 1.807) is 18.2 Å². The average molecular weight is 402 g/mol. The van der Waals surface area contributed by atoms with Gasteiger partial charge in [-0.25, -0.2) is 8.42 Å². The summed E-state index contributed by atoms with van der Waals surface area (Å²) in [5, 5.41) is 11.6. The molecule has 0 saturated carbocycles. The van der Waals surface area contributed by atoms with E-state index in [4.69, 9.17) is 5.26 Å². The fourth-order valence-electron chi connectivity index (χ4n) is 2.20. The maximum atomic E-state index is 12.6. The van der Waals surface area contributed by atoms with Gasteiger partial charge in [0.05, 0.1) is 28.8 Å². The highest BCUT2D eigenvalue weighted by Crippen LogP contribution is 2.27. The van der Waals surface area contributed by atoms with Gasteiger partial charge < -0.3 is 5.32 Å². The van der Waals surface area contributed by atoms with Crippen LogP contribution in [-0.4, -0.2) is 38.0 Å². The van der Waals surface area contributed by atoms with Crippen LogP contribution in [0, 0.1) is 11.3 Å². The zero-order chi connectivity index (χ0) is 19.9. The van der Waals surface area contributed by atoms with Crippen molar-refractivity contribution in [2.24, 2.45) is 0 Å². The van der Waals surface area contributed by atoms with Crippen molar-refractivity contribution in [2.45, 2.75) is 9.79 Å². The molecule has 140 valence electrons. The minimum Gasteiger partial charge on any atom is -0.324 e. The number of benzene rings is 2. The van der Waals surface area contributed by atoms with E-state index in [1.165, 1.54) is 43.1 Å². The van der Waals surface area contributed by atoms with Gasteiger partial charge in [-0.05, 0) is 36.4 Å². The molecule has 0 aliphatic carbocycles. The summed E-state index contributed by atoms with van der Waals surface area (Å²) in [5.41, 5.74) is 0.987. The van der Waals surface area contributed by atoms with Crippen molar-refractivity contribution in [3.8, 4) is 6.07 Å². The Kier molecular flexibility index (Phi) is 7.19. The third-order valence-electron chi connectivity index (χ3n) is 3.58. The van der Waals surface area contributed by atoms with E-state index in [9.17, 15) is 13.2 Å². The molecule has 1 amide bonds. The number of carbonyl (C=O) groups is 1. The van der Waals surface area contributed by atoms with E-state index in [0.29, 0.717) is 17.0 Å². The summed E-state index contributed by atoms with van der Waals surface area (Å²) in [6.45, 7) is 3.34. The average Bonchev–Trinajstić information content (AvgIpc) is 2.67. The van der Waals surface area contributed by atoms with Crippen molar-refractivity contribution < 1.29 is 13.2 Å². The molecule has 0 bridgehead atoms. The van der Waals surface area contributed by atoms with Crippen LogP contribution >= 0.6 is 11.8 Å².